The molecule has 3 rings (SSSR count). The van der Waals surface area contributed by atoms with Crippen molar-refractivity contribution in [1.29, 1.82) is 0 Å². The third kappa shape index (κ3) is 3.10. The molecule has 1 aromatic heterocycles. The van der Waals surface area contributed by atoms with Gasteiger partial charge in [0.1, 0.15) is 5.82 Å². The van der Waals surface area contributed by atoms with E-state index in [2.05, 4.69) is 21.8 Å². The van der Waals surface area contributed by atoms with Gasteiger partial charge in [0.15, 0.2) is 0 Å². The number of nitrogens with zero attached hydrogens (tertiary/aromatic N) is 3. The molecule has 1 saturated heterocycles. The molecule has 1 N–H and O–H groups in total. The second kappa shape index (κ2) is 6.78. The Morgan fingerprint density at radius 1 is 1.40 bits per heavy atom. The average Bonchev–Trinajstić information content (AvgIpc) is 2.86. The Kier molecular flexibility index (Phi) is 5.86. The standard InChI is InChI=1S/C13H20N4O.2ClH/c1-13(3-2-4-14-10-13)12(18)17-8-7-16-6-5-15-11(16)9-17;;/h5-6,14H,2-4,7-10H2,1H3;2*1H. The van der Waals surface area contributed by atoms with Crippen LogP contribution in [0.15, 0.2) is 12.4 Å². The number of imidazole rings is 1. The van der Waals surface area contributed by atoms with Crippen LogP contribution in [0.2, 0.25) is 0 Å². The van der Waals surface area contributed by atoms with Gasteiger partial charge < -0.3 is 14.8 Å². The number of hydrogen-bond donors (Lipinski definition) is 1. The maximum absolute atomic E-state index is 12.7. The summed E-state index contributed by atoms with van der Waals surface area (Å²) in [6, 6.07) is 0. The van der Waals surface area contributed by atoms with E-state index in [4.69, 9.17) is 0 Å². The largest absolute Gasteiger partial charge is 0.333 e. The molecule has 0 bridgehead atoms. The lowest BCUT2D eigenvalue weighted by Crippen LogP contribution is -2.51. The second-order valence-electron chi connectivity index (χ2n) is 5.60. The monoisotopic (exact) mass is 320 g/mol. The van der Waals surface area contributed by atoms with Crippen molar-refractivity contribution in [3.8, 4) is 0 Å². The molecule has 20 heavy (non-hydrogen) atoms. The first-order valence-electron chi connectivity index (χ1n) is 6.69. The van der Waals surface area contributed by atoms with Crippen LogP contribution < -0.4 is 5.32 Å². The minimum Gasteiger partial charge on any atom is -0.333 e. The van der Waals surface area contributed by atoms with Crippen molar-refractivity contribution in [2.45, 2.75) is 32.9 Å². The Labute approximate surface area is 131 Å². The van der Waals surface area contributed by atoms with Crippen LogP contribution in [0.5, 0.6) is 0 Å². The first kappa shape index (κ1) is 17.3. The third-order valence-electron chi connectivity index (χ3n) is 4.15. The molecule has 0 saturated carbocycles. The number of amides is 1. The van der Waals surface area contributed by atoms with Crippen molar-refractivity contribution < 1.29 is 4.79 Å². The van der Waals surface area contributed by atoms with E-state index in [1.165, 1.54) is 0 Å². The Bertz CT molecular complexity index is 457. The number of halogens is 2. The van der Waals surface area contributed by atoms with Gasteiger partial charge in [0, 0.05) is 32.0 Å². The second-order valence-corrected chi connectivity index (χ2v) is 5.60. The maximum Gasteiger partial charge on any atom is 0.230 e. The normalized spacial score (nSPS) is 25.1. The molecule has 0 radical (unpaired) electrons. The van der Waals surface area contributed by atoms with Crippen LogP contribution >= 0.6 is 24.8 Å². The van der Waals surface area contributed by atoms with Gasteiger partial charge in [0.25, 0.3) is 0 Å². The van der Waals surface area contributed by atoms with E-state index < -0.39 is 0 Å². The van der Waals surface area contributed by atoms with Crippen LogP contribution in [0.4, 0.5) is 0 Å². The molecule has 5 nitrogen and oxygen atoms in total. The van der Waals surface area contributed by atoms with Crippen molar-refractivity contribution in [2.75, 3.05) is 19.6 Å². The topological polar surface area (TPSA) is 50.2 Å². The van der Waals surface area contributed by atoms with Crippen molar-refractivity contribution in [1.82, 2.24) is 19.8 Å². The molecule has 1 amide bonds. The van der Waals surface area contributed by atoms with Gasteiger partial charge in [-0.1, -0.05) is 0 Å². The Morgan fingerprint density at radius 2 is 2.20 bits per heavy atom. The van der Waals surface area contributed by atoms with Crippen LogP contribution in [-0.2, 0) is 17.9 Å². The molecule has 1 unspecified atom stereocenters. The summed E-state index contributed by atoms with van der Waals surface area (Å²) in [5.74, 6) is 1.28. The molecule has 2 aliphatic rings. The Balaban J connectivity index is 0.000001000. The molecule has 0 aliphatic carbocycles. The van der Waals surface area contributed by atoms with Crippen molar-refractivity contribution >= 4 is 30.7 Å². The molecule has 1 fully saturated rings. The van der Waals surface area contributed by atoms with Crippen LogP contribution in [0.25, 0.3) is 0 Å². The zero-order chi connectivity index (χ0) is 12.6. The van der Waals surface area contributed by atoms with Gasteiger partial charge in [-0.3, -0.25) is 4.79 Å². The van der Waals surface area contributed by atoms with E-state index >= 15 is 0 Å². The fourth-order valence-corrected chi connectivity index (χ4v) is 2.97. The SMILES string of the molecule is CC1(C(=O)N2CCn3ccnc3C2)CCCNC1.Cl.Cl. The lowest BCUT2D eigenvalue weighted by molar-refractivity contribution is -0.143. The van der Waals surface area contributed by atoms with E-state index in [-0.39, 0.29) is 36.1 Å². The summed E-state index contributed by atoms with van der Waals surface area (Å²) in [6.07, 6.45) is 5.88. The highest BCUT2D eigenvalue weighted by molar-refractivity contribution is 5.85. The summed E-state index contributed by atoms with van der Waals surface area (Å²) < 4.78 is 2.13. The van der Waals surface area contributed by atoms with Crippen LogP contribution in [0.1, 0.15) is 25.6 Å². The first-order valence-corrected chi connectivity index (χ1v) is 6.69. The molecule has 114 valence electrons. The lowest BCUT2D eigenvalue weighted by atomic mass is 9.81. The van der Waals surface area contributed by atoms with Gasteiger partial charge in [-0.15, -0.1) is 24.8 Å². The predicted octanol–water partition coefficient (Wildman–Crippen LogP) is 1.46. The number of carbonyl (C=O) groups is 1. The number of nitrogens with one attached hydrogen (secondary N) is 1. The van der Waals surface area contributed by atoms with Crippen LogP contribution in [0, 0.1) is 5.41 Å². The minimum atomic E-state index is -0.229. The number of piperidine rings is 1. The highest BCUT2D eigenvalue weighted by Crippen LogP contribution is 2.29. The van der Waals surface area contributed by atoms with E-state index in [9.17, 15) is 4.79 Å². The van der Waals surface area contributed by atoms with Gasteiger partial charge >= 0.3 is 0 Å². The quantitative estimate of drug-likeness (QED) is 0.852. The van der Waals surface area contributed by atoms with E-state index in [1.807, 2.05) is 17.3 Å². The number of aromatic nitrogens is 2. The van der Waals surface area contributed by atoms with Crippen molar-refractivity contribution in [3.63, 3.8) is 0 Å². The Morgan fingerprint density at radius 3 is 2.90 bits per heavy atom. The highest BCUT2D eigenvalue weighted by atomic mass is 35.5. The van der Waals surface area contributed by atoms with E-state index in [0.29, 0.717) is 6.54 Å². The van der Waals surface area contributed by atoms with Gasteiger partial charge in [0.2, 0.25) is 5.91 Å². The summed E-state index contributed by atoms with van der Waals surface area (Å²) in [5, 5.41) is 3.34. The predicted molar refractivity (Wildman–Crippen MR) is 82.4 cm³/mol. The van der Waals surface area contributed by atoms with Crippen LogP contribution in [-0.4, -0.2) is 40.0 Å². The van der Waals surface area contributed by atoms with Gasteiger partial charge in [-0.2, -0.15) is 0 Å². The number of carbonyl (C=O) groups excluding carboxylic acids is 1. The average molecular weight is 321 g/mol. The Hall–Kier alpha value is -0.780. The van der Waals surface area contributed by atoms with Crippen LogP contribution in [0.3, 0.4) is 0 Å². The molecule has 2 aliphatic heterocycles. The molecule has 7 heteroatoms. The van der Waals surface area contributed by atoms with Gasteiger partial charge in [0.05, 0.1) is 12.0 Å². The molecule has 3 heterocycles. The fraction of sp³-hybridized carbons (Fsp3) is 0.692. The zero-order valence-corrected chi connectivity index (χ0v) is 13.3. The molecule has 1 aromatic rings. The fourth-order valence-electron chi connectivity index (χ4n) is 2.97. The smallest absolute Gasteiger partial charge is 0.230 e. The summed E-state index contributed by atoms with van der Waals surface area (Å²) >= 11 is 0. The van der Waals surface area contributed by atoms with Gasteiger partial charge in [-0.25, -0.2) is 4.98 Å². The summed E-state index contributed by atoms with van der Waals surface area (Å²) in [5.41, 5.74) is -0.229. The highest BCUT2D eigenvalue weighted by Gasteiger charge is 2.38. The van der Waals surface area contributed by atoms with E-state index in [1.54, 1.807) is 0 Å². The number of rotatable bonds is 1. The molecule has 0 aromatic carbocycles. The maximum atomic E-state index is 12.7. The molecular formula is C13H22Cl2N4O. The van der Waals surface area contributed by atoms with Crippen molar-refractivity contribution in [3.05, 3.63) is 18.2 Å². The third-order valence-corrected chi connectivity index (χ3v) is 4.15. The van der Waals surface area contributed by atoms with E-state index in [0.717, 1.165) is 44.8 Å². The number of hydrogen-bond acceptors (Lipinski definition) is 3. The molecule has 0 spiro atoms. The summed E-state index contributed by atoms with van der Waals surface area (Å²) in [7, 11) is 0. The zero-order valence-electron chi connectivity index (χ0n) is 11.7. The molecular weight excluding hydrogens is 299 g/mol. The first-order chi connectivity index (χ1) is 8.69. The molecule has 1 atom stereocenters. The summed E-state index contributed by atoms with van der Waals surface area (Å²) in [4.78, 5) is 18.9. The lowest BCUT2D eigenvalue weighted by Gasteiger charge is -2.38. The van der Waals surface area contributed by atoms with Crippen molar-refractivity contribution in [2.24, 2.45) is 5.41 Å². The minimum absolute atomic E-state index is 0. The van der Waals surface area contributed by atoms with Gasteiger partial charge in [-0.05, 0) is 26.3 Å². The number of fused-ring (bicyclic) bond motifs is 1. The summed E-state index contributed by atoms with van der Waals surface area (Å²) in [6.45, 7) is 6.25.